The number of hydrogen-bond donors (Lipinski definition) is 2. The van der Waals surface area contributed by atoms with E-state index in [2.05, 4.69) is 15.3 Å². The number of aromatic amines is 1. The molecule has 2 aromatic carbocycles. The number of rotatable bonds is 9. The average molecular weight is 448 g/mol. The lowest BCUT2D eigenvalue weighted by atomic mass is 10.1. The van der Waals surface area contributed by atoms with Crippen LogP contribution in [-0.4, -0.2) is 49.5 Å². The monoisotopic (exact) mass is 447 g/mol. The lowest BCUT2D eigenvalue weighted by molar-refractivity contribution is 0.0955. The molecule has 0 spiro atoms. The molecule has 3 rings (SSSR count). The zero-order chi connectivity index (χ0) is 21.5. The van der Waals surface area contributed by atoms with Crippen LogP contribution in [0, 0.1) is 0 Å². The van der Waals surface area contributed by atoms with Gasteiger partial charge in [-0.1, -0.05) is 35.5 Å². The maximum Gasteiger partial charge on any atom is 0.251 e. The van der Waals surface area contributed by atoms with Gasteiger partial charge in [0.15, 0.2) is 16.7 Å². The number of carbonyl (C=O) groups excluding carboxylic acids is 1. The Bertz CT molecular complexity index is 983. The van der Waals surface area contributed by atoms with Gasteiger partial charge in [0.25, 0.3) is 5.91 Å². The molecule has 0 aliphatic carbocycles. The number of imidazole rings is 1. The van der Waals surface area contributed by atoms with Gasteiger partial charge >= 0.3 is 0 Å². The highest BCUT2D eigenvalue weighted by atomic mass is 35.5. The van der Waals surface area contributed by atoms with Crippen molar-refractivity contribution in [3.63, 3.8) is 0 Å². The Morgan fingerprint density at radius 1 is 1.10 bits per heavy atom. The number of amides is 1. The molecule has 3 aromatic rings. The van der Waals surface area contributed by atoms with Gasteiger partial charge in [0.2, 0.25) is 5.75 Å². The minimum absolute atomic E-state index is 0.226. The van der Waals surface area contributed by atoms with E-state index in [-0.39, 0.29) is 5.91 Å². The van der Waals surface area contributed by atoms with Crippen molar-refractivity contribution in [3.05, 3.63) is 53.2 Å². The summed E-state index contributed by atoms with van der Waals surface area (Å²) in [5.41, 5.74) is 2.35. The molecule has 9 heteroatoms. The van der Waals surface area contributed by atoms with Crippen LogP contribution in [-0.2, 0) is 0 Å². The first-order chi connectivity index (χ1) is 14.5. The molecule has 0 fully saturated rings. The third-order valence-electron chi connectivity index (χ3n) is 4.26. The van der Waals surface area contributed by atoms with E-state index in [1.807, 2.05) is 24.3 Å². The summed E-state index contributed by atoms with van der Waals surface area (Å²) in [6.45, 7) is 0.469. The summed E-state index contributed by atoms with van der Waals surface area (Å²) in [4.78, 5) is 20.1. The van der Waals surface area contributed by atoms with Crippen LogP contribution in [0.5, 0.6) is 17.2 Å². The average Bonchev–Trinajstić information content (AvgIpc) is 3.24. The minimum Gasteiger partial charge on any atom is -0.493 e. The SMILES string of the molecule is COc1cc(C(=O)NCCSc2ncc(-c3ccc(Cl)cc3)[nH]2)cc(OC)c1OC. The van der Waals surface area contributed by atoms with Crippen LogP contribution < -0.4 is 19.5 Å². The van der Waals surface area contributed by atoms with Gasteiger partial charge in [-0.25, -0.2) is 4.98 Å². The number of nitrogens with one attached hydrogen (secondary N) is 2. The zero-order valence-corrected chi connectivity index (χ0v) is 18.4. The lowest BCUT2D eigenvalue weighted by Crippen LogP contribution is -2.25. The molecule has 158 valence electrons. The standard InChI is InChI=1S/C21H22ClN3O4S/c1-27-17-10-14(11-18(28-2)19(17)29-3)20(26)23-8-9-30-21-24-12-16(25-21)13-4-6-15(22)7-5-13/h4-7,10-12H,8-9H2,1-3H3,(H,23,26)(H,24,25). The van der Waals surface area contributed by atoms with Gasteiger partial charge in [0.05, 0.1) is 33.2 Å². The second kappa shape index (κ2) is 10.3. The van der Waals surface area contributed by atoms with Crippen molar-refractivity contribution in [3.8, 4) is 28.5 Å². The fourth-order valence-corrected chi connectivity index (χ4v) is 3.61. The highest BCUT2D eigenvalue weighted by Crippen LogP contribution is 2.38. The Hall–Kier alpha value is -2.84. The fraction of sp³-hybridized carbons (Fsp3) is 0.238. The van der Waals surface area contributed by atoms with E-state index in [0.29, 0.717) is 40.1 Å². The maximum absolute atomic E-state index is 12.5. The Labute approximate surface area is 184 Å². The molecule has 0 saturated carbocycles. The van der Waals surface area contributed by atoms with Crippen molar-refractivity contribution in [1.29, 1.82) is 0 Å². The summed E-state index contributed by atoms with van der Waals surface area (Å²) in [6.07, 6.45) is 1.78. The van der Waals surface area contributed by atoms with Gasteiger partial charge in [-0.2, -0.15) is 0 Å². The predicted octanol–water partition coefficient (Wildman–Crippen LogP) is 4.28. The topological polar surface area (TPSA) is 85.5 Å². The van der Waals surface area contributed by atoms with Crippen molar-refractivity contribution >= 4 is 29.3 Å². The molecule has 7 nitrogen and oxygen atoms in total. The molecule has 0 unspecified atom stereocenters. The first-order valence-corrected chi connectivity index (χ1v) is 10.4. The number of halogens is 1. The summed E-state index contributed by atoms with van der Waals surface area (Å²) >= 11 is 7.44. The second-order valence-electron chi connectivity index (χ2n) is 6.13. The number of methoxy groups -OCH3 is 3. The Morgan fingerprint density at radius 2 is 1.77 bits per heavy atom. The number of carbonyl (C=O) groups is 1. The number of H-pyrrole nitrogens is 1. The van der Waals surface area contributed by atoms with Crippen molar-refractivity contribution in [2.45, 2.75) is 5.16 Å². The van der Waals surface area contributed by atoms with Crippen LogP contribution in [0.25, 0.3) is 11.3 Å². The van der Waals surface area contributed by atoms with E-state index in [4.69, 9.17) is 25.8 Å². The van der Waals surface area contributed by atoms with Crippen molar-refractivity contribution < 1.29 is 19.0 Å². The molecule has 0 radical (unpaired) electrons. The number of hydrogen-bond acceptors (Lipinski definition) is 6. The van der Waals surface area contributed by atoms with Gasteiger partial charge < -0.3 is 24.5 Å². The summed E-state index contributed by atoms with van der Waals surface area (Å²) in [7, 11) is 4.54. The maximum atomic E-state index is 12.5. The van der Waals surface area contributed by atoms with Crippen molar-refractivity contribution in [2.24, 2.45) is 0 Å². The first-order valence-electron chi connectivity index (χ1n) is 9.07. The molecule has 0 bridgehead atoms. The molecule has 0 aliphatic heterocycles. The van der Waals surface area contributed by atoms with E-state index in [1.54, 1.807) is 18.3 Å². The first kappa shape index (κ1) is 21.9. The summed E-state index contributed by atoms with van der Waals surface area (Å²) in [5, 5.41) is 4.36. The van der Waals surface area contributed by atoms with Crippen LogP contribution >= 0.6 is 23.4 Å². The summed E-state index contributed by atoms with van der Waals surface area (Å²) in [5.74, 6) is 1.74. The van der Waals surface area contributed by atoms with Crippen LogP contribution in [0.1, 0.15) is 10.4 Å². The second-order valence-corrected chi connectivity index (χ2v) is 7.65. The minimum atomic E-state index is -0.226. The molecule has 1 aromatic heterocycles. The number of nitrogens with zero attached hydrogens (tertiary/aromatic N) is 1. The van der Waals surface area contributed by atoms with E-state index < -0.39 is 0 Å². The third-order valence-corrected chi connectivity index (χ3v) is 5.40. The quantitative estimate of drug-likeness (QED) is 0.376. The molecular formula is C21H22ClN3O4S. The predicted molar refractivity (Wildman–Crippen MR) is 118 cm³/mol. The van der Waals surface area contributed by atoms with Crippen LogP contribution in [0.2, 0.25) is 5.02 Å². The number of ether oxygens (including phenoxy) is 3. The summed E-state index contributed by atoms with van der Waals surface area (Å²) in [6, 6.07) is 10.8. The van der Waals surface area contributed by atoms with Gasteiger partial charge in [0, 0.05) is 22.9 Å². The van der Waals surface area contributed by atoms with Crippen molar-refractivity contribution in [1.82, 2.24) is 15.3 Å². The molecule has 1 amide bonds. The highest BCUT2D eigenvalue weighted by Gasteiger charge is 2.16. The van der Waals surface area contributed by atoms with Gasteiger partial charge in [0.1, 0.15) is 0 Å². The van der Waals surface area contributed by atoms with E-state index in [1.165, 1.54) is 33.1 Å². The molecule has 2 N–H and O–H groups in total. The molecule has 1 heterocycles. The number of thioether (sulfide) groups is 1. The number of aromatic nitrogens is 2. The van der Waals surface area contributed by atoms with Gasteiger partial charge in [-0.15, -0.1) is 0 Å². The Kier molecular flexibility index (Phi) is 7.48. The Morgan fingerprint density at radius 3 is 2.37 bits per heavy atom. The Balaban J connectivity index is 1.55. The largest absolute Gasteiger partial charge is 0.493 e. The van der Waals surface area contributed by atoms with Crippen LogP contribution in [0.3, 0.4) is 0 Å². The van der Waals surface area contributed by atoms with Crippen LogP contribution in [0.4, 0.5) is 0 Å². The van der Waals surface area contributed by atoms with Gasteiger partial charge in [-0.3, -0.25) is 4.79 Å². The highest BCUT2D eigenvalue weighted by molar-refractivity contribution is 7.99. The molecule has 30 heavy (non-hydrogen) atoms. The zero-order valence-electron chi connectivity index (χ0n) is 16.8. The molecule has 0 atom stereocenters. The molecule has 0 aliphatic rings. The molecular weight excluding hydrogens is 426 g/mol. The third kappa shape index (κ3) is 5.20. The van der Waals surface area contributed by atoms with E-state index in [9.17, 15) is 4.79 Å². The van der Waals surface area contributed by atoms with Crippen molar-refractivity contribution in [2.75, 3.05) is 33.6 Å². The molecule has 0 saturated heterocycles. The normalized spacial score (nSPS) is 10.5. The summed E-state index contributed by atoms with van der Waals surface area (Å²) < 4.78 is 15.9. The van der Waals surface area contributed by atoms with Crippen LogP contribution in [0.15, 0.2) is 47.8 Å². The van der Waals surface area contributed by atoms with E-state index in [0.717, 1.165) is 16.4 Å². The lowest BCUT2D eigenvalue weighted by Gasteiger charge is -2.14. The number of benzene rings is 2. The van der Waals surface area contributed by atoms with Gasteiger partial charge in [-0.05, 0) is 29.8 Å². The fourth-order valence-electron chi connectivity index (χ4n) is 2.78. The smallest absolute Gasteiger partial charge is 0.251 e. The van der Waals surface area contributed by atoms with E-state index >= 15 is 0 Å².